The fourth-order valence-electron chi connectivity index (χ4n) is 2.45. The van der Waals surface area contributed by atoms with Gasteiger partial charge in [0, 0.05) is 13.2 Å². The minimum absolute atomic E-state index is 0.0103. The first kappa shape index (κ1) is 16.3. The summed E-state index contributed by atoms with van der Waals surface area (Å²) < 4.78 is 38.4. The van der Waals surface area contributed by atoms with Crippen LogP contribution in [0.2, 0.25) is 0 Å². The second-order valence-electron chi connectivity index (χ2n) is 5.30. The summed E-state index contributed by atoms with van der Waals surface area (Å²) >= 11 is 0. The van der Waals surface area contributed by atoms with E-state index in [1.807, 2.05) is 13.8 Å². The predicted molar refractivity (Wildman–Crippen MR) is 81.2 cm³/mol. The number of hydrogen-bond donors (Lipinski definition) is 1. The lowest BCUT2D eigenvalue weighted by Crippen LogP contribution is -2.32. The molecule has 118 valence electrons. The molecule has 0 spiro atoms. The summed E-state index contributed by atoms with van der Waals surface area (Å²) in [5, 5.41) is 0. The quantitative estimate of drug-likeness (QED) is 0.874. The number of sulfonamides is 1. The standard InChI is InChI=1S/C15H23NO4S/c1-4-19-14-8-12(3)15(9-11(14)2)21(17,18)16-10-13-6-5-7-20-13/h8-9,13,16H,4-7,10H2,1-3H3/t13-/m0/s1. The summed E-state index contributed by atoms with van der Waals surface area (Å²) in [7, 11) is -3.52. The molecule has 1 saturated heterocycles. The van der Waals surface area contributed by atoms with E-state index in [0.29, 0.717) is 30.2 Å². The summed E-state index contributed by atoms with van der Waals surface area (Å²) in [6, 6.07) is 3.44. The van der Waals surface area contributed by atoms with Crippen LogP contribution in [0.5, 0.6) is 5.75 Å². The molecule has 1 fully saturated rings. The zero-order valence-corrected chi connectivity index (χ0v) is 13.6. The van der Waals surface area contributed by atoms with Crippen molar-refractivity contribution in [1.29, 1.82) is 0 Å². The summed E-state index contributed by atoms with van der Waals surface area (Å²) in [5.41, 5.74) is 1.50. The molecule has 2 rings (SSSR count). The van der Waals surface area contributed by atoms with Gasteiger partial charge in [0.15, 0.2) is 0 Å². The van der Waals surface area contributed by atoms with Crippen LogP contribution in [-0.4, -0.2) is 34.3 Å². The van der Waals surface area contributed by atoms with Crippen LogP contribution in [0.4, 0.5) is 0 Å². The molecular weight excluding hydrogens is 290 g/mol. The molecule has 0 saturated carbocycles. The summed E-state index contributed by atoms with van der Waals surface area (Å²) in [4.78, 5) is 0.307. The molecule has 6 heteroatoms. The van der Waals surface area contributed by atoms with Gasteiger partial charge >= 0.3 is 0 Å². The molecular formula is C15H23NO4S. The molecule has 1 aromatic carbocycles. The third kappa shape index (κ3) is 3.96. The fourth-order valence-corrected chi connectivity index (χ4v) is 3.83. The Morgan fingerprint density at radius 1 is 1.33 bits per heavy atom. The maximum absolute atomic E-state index is 12.4. The Labute approximate surface area is 126 Å². The molecule has 1 aromatic rings. The van der Waals surface area contributed by atoms with Crippen molar-refractivity contribution in [2.24, 2.45) is 0 Å². The predicted octanol–water partition coefficient (Wildman–Crippen LogP) is 2.16. The third-order valence-electron chi connectivity index (χ3n) is 3.59. The van der Waals surface area contributed by atoms with E-state index in [-0.39, 0.29) is 6.10 Å². The maximum Gasteiger partial charge on any atom is 0.240 e. The van der Waals surface area contributed by atoms with E-state index in [2.05, 4.69) is 4.72 Å². The van der Waals surface area contributed by atoms with Crippen molar-refractivity contribution in [2.75, 3.05) is 19.8 Å². The normalized spacial score (nSPS) is 18.9. The molecule has 1 atom stereocenters. The van der Waals surface area contributed by atoms with E-state index in [1.165, 1.54) is 0 Å². The Balaban J connectivity index is 2.16. The van der Waals surface area contributed by atoms with Gasteiger partial charge in [0.2, 0.25) is 10.0 Å². The largest absolute Gasteiger partial charge is 0.494 e. The fraction of sp³-hybridized carbons (Fsp3) is 0.600. The Morgan fingerprint density at radius 3 is 2.71 bits per heavy atom. The minimum atomic E-state index is -3.52. The first-order chi connectivity index (χ1) is 9.94. The second kappa shape index (κ2) is 6.77. The van der Waals surface area contributed by atoms with Gasteiger partial charge in [-0.3, -0.25) is 0 Å². The van der Waals surface area contributed by atoms with Gasteiger partial charge in [-0.15, -0.1) is 0 Å². The van der Waals surface area contributed by atoms with E-state index in [4.69, 9.17) is 9.47 Å². The number of rotatable bonds is 6. The van der Waals surface area contributed by atoms with Crippen molar-refractivity contribution < 1.29 is 17.9 Å². The summed E-state index contributed by atoms with van der Waals surface area (Å²) in [6.07, 6.45) is 1.89. The number of hydrogen-bond acceptors (Lipinski definition) is 4. The highest BCUT2D eigenvalue weighted by Gasteiger charge is 2.22. The molecule has 21 heavy (non-hydrogen) atoms. The van der Waals surface area contributed by atoms with E-state index < -0.39 is 10.0 Å². The van der Waals surface area contributed by atoms with Gasteiger partial charge < -0.3 is 9.47 Å². The lowest BCUT2D eigenvalue weighted by molar-refractivity contribution is 0.114. The van der Waals surface area contributed by atoms with Gasteiger partial charge in [0.05, 0.1) is 17.6 Å². The summed E-state index contributed by atoms with van der Waals surface area (Å²) in [6.45, 7) is 7.14. The molecule has 0 unspecified atom stereocenters. The highest BCUT2D eigenvalue weighted by molar-refractivity contribution is 7.89. The monoisotopic (exact) mass is 313 g/mol. The Bertz CT molecular complexity index is 592. The van der Waals surface area contributed by atoms with Crippen LogP contribution in [0.1, 0.15) is 30.9 Å². The molecule has 1 heterocycles. The molecule has 1 aliphatic heterocycles. The molecule has 0 amide bonds. The second-order valence-corrected chi connectivity index (χ2v) is 7.04. The van der Waals surface area contributed by atoms with Crippen molar-refractivity contribution in [1.82, 2.24) is 4.72 Å². The van der Waals surface area contributed by atoms with Crippen LogP contribution >= 0.6 is 0 Å². The van der Waals surface area contributed by atoms with Gasteiger partial charge in [-0.05, 0) is 56.9 Å². The molecule has 5 nitrogen and oxygen atoms in total. The van der Waals surface area contributed by atoms with Crippen LogP contribution in [0.25, 0.3) is 0 Å². The number of nitrogens with one attached hydrogen (secondary N) is 1. The van der Waals surface area contributed by atoms with E-state index >= 15 is 0 Å². The number of aryl methyl sites for hydroxylation is 2. The average molecular weight is 313 g/mol. The van der Waals surface area contributed by atoms with Crippen LogP contribution in [-0.2, 0) is 14.8 Å². The number of benzene rings is 1. The Hall–Kier alpha value is -1.11. The lowest BCUT2D eigenvalue weighted by atomic mass is 10.1. The van der Waals surface area contributed by atoms with Crippen molar-refractivity contribution in [2.45, 2.75) is 44.6 Å². The molecule has 1 aliphatic rings. The van der Waals surface area contributed by atoms with Gasteiger partial charge in [-0.25, -0.2) is 13.1 Å². The Kier molecular flexibility index (Phi) is 5.24. The number of ether oxygens (including phenoxy) is 2. The van der Waals surface area contributed by atoms with Gasteiger partial charge in [0.25, 0.3) is 0 Å². The zero-order valence-electron chi connectivity index (χ0n) is 12.8. The molecule has 0 aromatic heterocycles. The SMILES string of the molecule is CCOc1cc(C)c(S(=O)(=O)NC[C@@H]2CCCO2)cc1C. The average Bonchev–Trinajstić information content (AvgIpc) is 2.94. The van der Waals surface area contributed by atoms with Gasteiger partial charge in [-0.2, -0.15) is 0 Å². The van der Waals surface area contributed by atoms with Crippen LogP contribution in [0, 0.1) is 13.8 Å². The lowest BCUT2D eigenvalue weighted by Gasteiger charge is -2.15. The smallest absolute Gasteiger partial charge is 0.240 e. The molecule has 0 bridgehead atoms. The van der Waals surface area contributed by atoms with Crippen molar-refractivity contribution in [3.8, 4) is 5.75 Å². The van der Waals surface area contributed by atoms with Crippen LogP contribution in [0.15, 0.2) is 17.0 Å². The van der Waals surface area contributed by atoms with E-state index in [0.717, 1.165) is 24.2 Å². The highest BCUT2D eigenvalue weighted by Crippen LogP contribution is 2.26. The van der Waals surface area contributed by atoms with E-state index in [9.17, 15) is 8.42 Å². The van der Waals surface area contributed by atoms with Gasteiger partial charge in [0.1, 0.15) is 5.75 Å². The molecule has 1 N–H and O–H groups in total. The van der Waals surface area contributed by atoms with Crippen LogP contribution in [0.3, 0.4) is 0 Å². The summed E-state index contributed by atoms with van der Waals surface area (Å²) in [5.74, 6) is 0.730. The minimum Gasteiger partial charge on any atom is -0.494 e. The van der Waals surface area contributed by atoms with Crippen LogP contribution < -0.4 is 9.46 Å². The maximum atomic E-state index is 12.4. The van der Waals surface area contributed by atoms with Crippen molar-refractivity contribution in [3.05, 3.63) is 23.3 Å². The van der Waals surface area contributed by atoms with E-state index in [1.54, 1.807) is 19.1 Å². The third-order valence-corrected chi connectivity index (χ3v) is 5.15. The molecule has 0 aliphatic carbocycles. The molecule has 0 radical (unpaired) electrons. The highest BCUT2D eigenvalue weighted by atomic mass is 32.2. The topological polar surface area (TPSA) is 64.6 Å². The first-order valence-corrected chi connectivity index (χ1v) is 8.77. The van der Waals surface area contributed by atoms with Gasteiger partial charge in [-0.1, -0.05) is 0 Å². The van der Waals surface area contributed by atoms with Crippen molar-refractivity contribution >= 4 is 10.0 Å². The Morgan fingerprint density at radius 2 is 2.10 bits per heavy atom. The first-order valence-electron chi connectivity index (χ1n) is 7.29. The zero-order chi connectivity index (χ0) is 15.5. The van der Waals surface area contributed by atoms with Crippen molar-refractivity contribution in [3.63, 3.8) is 0 Å².